The first-order chi connectivity index (χ1) is 10.1. The molecular weight excluding hydrogens is 300 g/mol. The van der Waals surface area contributed by atoms with E-state index in [0.29, 0.717) is 24.2 Å². The van der Waals surface area contributed by atoms with E-state index < -0.39 is 10.0 Å². The predicted octanol–water partition coefficient (Wildman–Crippen LogP) is 1.59. The molecule has 22 heavy (non-hydrogen) atoms. The smallest absolute Gasteiger partial charge is 0.238 e. The molecule has 0 aliphatic heterocycles. The number of sulfonamides is 1. The highest BCUT2D eigenvalue weighted by Gasteiger charge is 2.15. The Morgan fingerprint density at radius 3 is 2.45 bits per heavy atom. The number of primary sulfonamides is 1. The Morgan fingerprint density at radius 2 is 2.00 bits per heavy atom. The van der Waals surface area contributed by atoms with E-state index in [2.05, 4.69) is 24.1 Å². The molecule has 0 spiro atoms. The maximum Gasteiger partial charge on any atom is 0.238 e. The van der Waals surface area contributed by atoms with Crippen molar-refractivity contribution in [2.75, 3.05) is 26.0 Å². The average molecular weight is 324 g/mol. The summed E-state index contributed by atoms with van der Waals surface area (Å²) < 4.78 is 22.7. The van der Waals surface area contributed by atoms with E-state index in [0.717, 1.165) is 6.42 Å². The van der Waals surface area contributed by atoms with Crippen molar-refractivity contribution in [2.45, 2.75) is 31.2 Å². The predicted molar refractivity (Wildman–Crippen MR) is 87.9 cm³/mol. The largest absolute Gasteiger partial charge is 0.382 e. The standard InChI is InChI=1S/C15H24N4O2S/c1-11(2)7-13(19(3)4)10-18-15-6-5-14(22(17,20)21)8-12(15)9-16/h5-6,8,11,13,18H,7,10H2,1-4H3,(H2,17,20,21). The first kappa shape index (κ1) is 18.4. The van der Waals surface area contributed by atoms with Crippen LogP contribution < -0.4 is 10.5 Å². The summed E-state index contributed by atoms with van der Waals surface area (Å²) in [6, 6.07) is 6.62. The Morgan fingerprint density at radius 1 is 1.36 bits per heavy atom. The third-order valence-corrected chi connectivity index (χ3v) is 4.35. The molecular formula is C15H24N4O2S. The molecule has 1 aromatic carbocycles. The summed E-state index contributed by atoms with van der Waals surface area (Å²) in [5, 5.41) is 17.5. The van der Waals surface area contributed by atoms with E-state index in [1.165, 1.54) is 12.1 Å². The van der Waals surface area contributed by atoms with Crippen LogP contribution >= 0.6 is 0 Å². The van der Waals surface area contributed by atoms with Crippen molar-refractivity contribution in [3.63, 3.8) is 0 Å². The first-order valence-electron chi connectivity index (χ1n) is 7.12. The van der Waals surface area contributed by atoms with Crippen LogP contribution in [0.15, 0.2) is 23.1 Å². The van der Waals surface area contributed by atoms with Gasteiger partial charge in [-0.3, -0.25) is 0 Å². The molecule has 0 aliphatic carbocycles. The molecule has 0 saturated carbocycles. The monoisotopic (exact) mass is 324 g/mol. The molecule has 0 fully saturated rings. The molecule has 1 atom stereocenters. The second-order valence-electron chi connectivity index (χ2n) is 5.99. The van der Waals surface area contributed by atoms with Crippen LogP contribution in [0.4, 0.5) is 5.69 Å². The van der Waals surface area contributed by atoms with Gasteiger partial charge in [0, 0.05) is 12.6 Å². The molecule has 0 bridgehead atoms. The van der Waals surface area contributed by atoms with Crippen molar-refractivity contribution in [2.24, 2.45) is 11.1 Å². The molecule has 122 valence electrons. The molecule has 0 saturated heterocycles. The number of nitrogens with one attached hydrogen (secondary N) is 1. The van der Waals surface area contributed by atoms with E-state index in [-0.39, 0.29) is 10.5 Å². The van der Waals surface area contributed by atoms with E-state index in [4.69, 9.17) is 5.14 Å². The van der Waals surface area contributed by atoms with Crippen molar-refractivity contribution >= 4 is 15.7 Å². The Kier molecular flexibility index (Phi) is 6.35. The molecule has 7 heteroatoms. The number of anilines is 1. The molecule has 0 heterocycles. The summed E-state index contributed by atoms with van der Waals surface area (Å²) in [6.07, 6.45) is 1.02. The van der Waals surface area contributed by atoms with Crippen molar-refractivity contribution < 1.29 is 8.42 Å². The highest BCUT2D eigenvalue weighted by molar-refractivity contribution is 7.89. The lowest BCUT2D eigenvalue weighted by Gasteiger charge is -2.26. The first-order valence-corrected chi connectivity index (χ1v) is 8.67. The normalized spacial score (nSPS) is 13.2. The number of benzene rings is 1. The summed E-state index contributed by atoms with van der Waals surface area (Å²) in [5.74, 6) is 0.564. The lowest BCUT2D eigenvalue weighted by Crippen LogP contribution is -2.35. The van der Waals surface area contributed by atoms with Crippen molar-refractivity contribution in [1.29, 1.82) is 5.26 Å². The van der Waals surface area contributed by atoms with Gasteiger partial charge < -0.3 is 10.2 Å². The molecule has 1 unspecified atom stereocenters. The SMILES string of the molecule is CC(C)CC(CNc1ccc(S(N)(=O)=O)cc1C#N)N(C)C. The second kappa shape index (κ2) is 7.58. The third kappa shape index (κ3) is 5.30. The summed E-state index contributed by atoms with van der Waals surface area (Å²) in [7, 11) is 0.236. The summed E-state index contributed by atoms with van der Waals surface area (Å²) in [4.78, 5) is 2.08. The van der Waals surface area contributed by atoms with Gasteiger partial charge in [0.2, 0.25) is 10.0 Å². The van der Waals surface area contributed by atoms with Crippen LogP contribution in [0.3, 0.4) is 0 Å². The summed E-state index contributed by atoms with van der Waals surface area (Å²) in [6.45, 7) is 5.00. The summed E-state index contributed by atoms with van der Waals surface area (Å²) >= 11 is 0. The minimum absolute atomic E-state index is 0.0547. The van der Waals surface area contributed by atoms with Crippen LogP contribution in [0.2, 0.25) is 0 Å². The Balaban J connectivity index is 2.92. The Labute approximate surface area is 133 Å². The molecule has 1 aromatic rings. The van der Waals surface area contributed by atoms with Gasteiger partial charge >= 0.3 is 0 Å². The van der Waals surface area contributed by atoms with Gasteiger partial charge in [0.1, 0.15) is 6.07 Å². The molecule has 0 aromatic heterocycles. The molecule has 0 amide bonds. The van der Waals surface area contributed by atoms with Crippen LogP contribution in [-0.2, 0) is 10.0 Å². The minimum Gasteiger partial charge on any atom is -0.382 e. The topological polar surface area (TPSA) is 99.2 Å². The lowest BCUT2D eigenvalue weighted by molar-refractivity contribution is 0.266. The summed E-state index contributed by atoms with van der Waals surface area (Å²) in [5.41, 5.74) is 0.888. The van der Waals surface area contributed by atoms with Gasteiger partial charge in [0.15, 0.2) is 0 Å². The number of likely N-dealkylation sites (N-methyl/N-ethyl adjacent to an activating group) is 1. The van der Waals surface area contributed by atoms with Gasteiger partial charge in [-0.25, -0.2) is 13.6 Å². The lowest BCUT2D eigenvalue weighted by atomic mass is 10.0. The average Bonchev–Trinajstić information content (AvgIpc) is 2.41. The van der Waals surface area contributed by atoms with Crippen molar-refractivity contribution in [3.05, 3.63) is 23.8 Å². The van der Waals surface area contributed by atoms with E-state index in [1.54, 1.807) is 6.07 Å². The minimum atomic E-state index is -3.80. The number of nitrogens with two attached hydrogens (primary N) is 1. The molecule has 3 N–H and O–H groups in total. The van der Waals surface area contributed by atoms with Gasteiger partial charge in [-0.15, -0.1) is 0 Å². The maximum absolute atomic E-state index is 11.3. The van der Waals surface area contributed by atoms with E-state index >= 15 is 0 Å². The zero-order valence-electron chi connectivity index (χ0n) is 13.5. The van der Waals surface area contributed by atoms with Crippen molar-refractivity contribution in [1.82, 2.24) is 4.90 Å². The fourth-order valence-electron chi connectivity index (χ4n) is 2.20. The quantitative estimate of drug-likeness (QED) is 0.793. The number of nitriles is 1. The molecule has 0 aliphatic rings. The number of nitrogens with zero attached hydrogens (tertiary/aromatic N) is 2. The zero-order chi connectivity index (χ0) is 16.9. The van der Waals surface area contributed by atoms with Gasteiger partial charge in [0.05, 0.1) is 16.1 Å². The molecule has 0 radical (unpaired) electrons. The van der Waals surface area contributed by atoms with Crippen LogP contribution in [0, 0.1) is 17.2 Å². The highest BCUT2D eigenvalue weighted by Crippen LogP contribution is 2.20. The van der Waals surface area contributed by atoms with Crippen molar-refractivity contribution in [3.8, 4) is 6.07 Å². The number of hydrogen-bond acceptors (Lipinski definition) is 5. The van der Waals surface area contributed by atoms with Gasteiger partial charge in [-0.2, -0.15) is 5.26 Å². The van der Waals surface area contributed by atoms with E-state index in [9.17, 15) is 13.7 Å². The van der Waals surface area contributed by atoms with Crippen LogP contribution in [-0.4, -0.2) is 40.0 Å². The molecule has 6 nitrogen and oxygen atoms in total. The number of hydrogen-bond donors (Lipinski definition) is 2. The fraction of sp³-hybridized carbons (Fsp3) is 0.533. The third-order valence-electron chi connectivity index (χ3n) is 3.44. The number of rotatable bonds is 7. The zero-order valence-corrected chi connectivity index (χ0v) is 14.3. The highest BCUT2D eigenvalue weighted by atomic mass is 32.2. The van der Waals surface area contributed by atoms with Crippen LogP contribution in [0.1, 0.15) is 25.8 Å². The van der Waals surface area contributed by atoms with Crippen LogP contribution in [0.25, 0.3) is 0 Å². The maximum atomic E-state index is 11.3. The van der Waals surface area contributed by atoms with Gasteiger partial charge in [-0.1, -0.05) is 13.8 Å². The van der Waals surface area contributed by atoms with Gasteiger partial charge in [-0.05, 0) is 44.6 Å². The fourth-order valence-corrected chi connectivity index (χ4v) is 2.74. The molecule has 1 rings (SSSR count). The Bertz CT molecular complexity index is 648. The Hall–Kier alpha value is -1.62. The van der Waals surface area contributed by atoms with Gasteiger partial charge in [0.25, 0.3) is 0 Å². The van der Waals surface area contributed by atoms with E-state index in [1.807, 2.05) is 20.2 Å². The van der Waals surface area contributed by atoms with Crippen LogP contribution in [0.5, 0.6) is 0 Å². The second-order valence-corrected chi connectivity index (χ2v) is 7.55.